The predicted molar refractivity (Wildman–Crippen MR) is 102 cm³/mol. The van der Waals surface area contributed by atoms with Crippen LogP contribution in [-0.4, -0.2) is 22.5 Å². The second kappa shape index (κ2) is 8.31. The summed E-state index contributed by atoms with van der Waals surface area (Å²) in [5.41, 5.74) is 1.71. The predicted octanol–water partition coefficient (Wildman–Crippen LogP) is 4.52. The van der Waals surface area contributed by atoms with E-state index < -0.39 is 0 Å². The Morgan fingerprint density at radius 2 is 1.77 bits per heavy atom. The molecule has 0 atom stereocenters. The fourth-order valence-electron chi connectivity index (χ4n) is 2.20. The maximum atomic E-state index is 12.3. The zero-order valence-corrected chi connectivity index (χ0v) is 14.8. The number of halogens is 1. The largest absolute Gasteiger partial charge is 0.494 e. The first-order valence-corrected chi connectivity index (χ1v) is 8.41. The number of nitrogens with one attached hydrogen (secondary N) is 2. The minimum Gasteiger partial charge on any atom is -0.494 e. The third kappa shape index (κ3) is 4.49. The fraction of sp³-hybridized carbons (Fsp3) is 0.105. The first-order valence-electron chi connectivity index (χ1n) is 8.03. The monoisotopic (exact) mass is 368 g/mol. The zero-order valence-electron chi connectivity index (χ0n) is 14.1. The van der Waals surface area contributed by atoms with Gasteiger partial charge in [0.2, 0.25) is 5.95 Å². The second-order valence-corrected chi connectivity index (χ2v) is 5.72. The number of carbonyl (C=O) groups excluding carboxylic acids is 1. The standard InChI is InChI=1S/C19H17ClN4O2/c1-2-26-15-9-7-14(8-10-15)23-18(25)13-11-21-19(22-12-13)24-17-6-4-3-5-16(17)20/h3-12H,2H2,1H3,(H,23,25)(H,21,22,24). The van der Waals surface area contributed by atoms with Gasteiger partial charge >= 0.3 is 0 Å². The van der Waals surface area contributed by atoms with Crippen molar-refractivity contribution in [3.8, 4) is 5.75 Å². The van der Waals surface area contributed by atoms with Gasteiger partial charge in [-0.25, -0.2) is 9.97 Å². The van der Waals surface area contributed by atoms with Gasteiger partial charge < -0.3 is 15.4 Å². The van der Waals surface area contributed by atoms with Crippen molar-refractivity contribution in [3.05, 3.63) is 71.5 Å². The molecule has 26 heavy (non-hydrogen) atoms. The van der Waals surface area contributed by atoms with Crippen molar-refractivity contribution in [1.29, 1.82) is 0 Å². The minimum atomic E-state index is -0.293. The summed E-state index contributed by atoms with van der Waals surface area (Å²) in [6.07, 6.45) is 2.91. The molecule has 0 saturated heterocycles. The van der Waals surface area contributed by atoms with Gasteiger partial charge in [0.05, 0.1) is 22.9 Å². The van der Waals surface area contributed by atoms with E-state index in [0.717, 1.165) is 5.75 Å². The summed E-state index contributed by atoms with van der Waals surface area (Å²) in [5, 5.41) is 6.36. The number of anilines is 3. The van der Waals surface area contributed by atoms with E-state index in [4.69, 9.17) is 16.3 Å². The van der Waals surface area contributed by atoms with E-state index in [-0.39, 0.29) is 5.91 Å². The SMILES string of the molecule is CCOc1ccc(NC(=O)c2cnc(Nc3ccccc3Cl)nc2)cc1. The number of ether oxygens (including phenoxy) is 1. The molecule has 0 unspecified atom stereocenters. The lowest BCUT2D eigenvalue weighted by molar-refractivity contribution is 0.102. The zero-order chi connectivity index (χ0) is 18.4. The van der Waals surface area contributed by atoms with E-state index in [1.54, 1.807) is 30.3 Å². The number of rotatable bonds is 6. The molecule has 2 aromatic carbocycles. The highest BCUT2D eigenvalue weighted by atomic mass is 35.5. The third-order valence-corrected chi connectivity index (χ3v) is 3.79. The molecule has 7 heteroatoms. The van der Waals surface area contributed by atoms with Crippen LogP contribution >= 0.6 is 11.6 Å². The molecule has 1 aromatic heterocycles. The van der Waals surface area contributed by atoms with Crippen LogP contribution in [0.5, 0.6) is 5.75 Å². The van der Waals surface area contributed by atoms with E-state index in [1.807, 2.05) is 25.1 Å². The molecule has 0 spiro atoms. The summed E-state index contributed by atoms with van der Waals surface area (Å²) in [6, 6.07) is 14.4. The number of carbonyl (C=O) groups is 1. The Balaban J connectivity index is 1.64. The second-order valence-electron chi connectivity index (χ2n) is 5.31. The van der Waals surface area contributed by atoms with Crippen LogP contribution in [-0.2, 0) is 0 Å². The van der Waals surface area contributed by atoms with Crippen LogP contribution in [0, 0.1) is 0 Å². The molecule has 0 aliphatic heterocycles. The highest BCUT2D eigenvalue weighted by Gasteiger charge is 2.09. The first-order chi connectivity index (χ1) is 12.7. The molecular weight excluding hydrogens is 352 g/mol. The number of aromatic nitrogens is 2. The smallest absolute Gasteiger partial charge is 0.258 e. The quantitative estimate of drug-likeness (QED) is 0.668. The van der Waals surface area contributed by atoms with E-state index in [9.17, 15) is 4.79 Å². The maximum absolute atomic E-state index is 12.3. The van der Waals surface area contributed by atoms with Crippen LogP contribution in [0.4, 0.5) is 17.3 Å². The number of amides is 1. The molecule has 0 bridgehead atoms. The van der Waals surface area contributed by atoms with Crippen molar-refractivity contribution < 1.29 is 9.53 Å². The van der Waals surface area contributed by atoms with Gasteiger partial charge in [-0.15, -0.1) is 0 Å². The van der Waals surface area contributed by atoms with Gasteiger partial charge in [-0.2, -0.15) is 0 Å². The van der Waals surface area contributed by atoms with Crippen LogP contribution < -0.4 is 15.4 Å². The molecule has 132 valence electrons. The lowest BCUT2D eigenvalue weighted by Crippen LogP contribution is -2.13. The summed E-state index contributed by atoms with van der Waals surface area (Å²) in [7, 11) is 0. The minimum absolute atomic E-state index is 0.293. The molecule has 3 rings (SSSR count). The molecule has 0 aliphatic rings. The van der Waals surface area contributed by atoms with Crippen LogP contribution in [0.15, 0.2) is 60.9 Å². The van der Waals surface area contributed by atoms with Crippen molar-refractivity contribution in [3.63, 3.8) is 0 Å². The van der Waals surface area contributed by atoms with Crippen LogP contribution in [0.3, 0.4) is 0 Å². The Bertz CT molecular complexity index is 883. The summed E-state index contributed by atoms with van der Waals surface area (Å²) >= 11 is 6.09. The van der Waals surface area contributed by atoms with Gasteiger partial charge in [0, 0.05) is 18.1 Å². The molecule has 0 fully saturated rings. The summed E-state index contributed by atoms with van der Waals surface area (Å²) in [4.78, 5) is 20.6. The molecule has 0 aliphatic carbocycles. The Morgan fingerprint density at radius 3 is 2.42 bits per heavy atom. The van der Waals surface area contributed by atoms with Crippen LogP contribution in [0.2, 0.25) is 5.02 Å². The van der Waals surface area contributed by atoms with Gasteiger partial charge in [0.15, 0.2) is 0 Å². The van der Waals surface area contributed by atoms with Crippen LogP contribution in [0.1, 0.15) is 17.3 Å². The van der Waals surface area contributed by atoms with E-state index in [2.05, 4.69) is 20.6 Å². The number of nitrogens with zero attached hydrogens (tertiary/aromatic N) is 2. The highest BCUT2D eigenvalue weighted by Crippen LogP contribution is 2.23. The number of benzene rings is 2. The van der Waals surface area contributed by atoms with Gasteiger partial charge in [-0.3, -0.25) is 4.79 Å². The summed E-state index contributed by atoms with van der Waals surface area (Å²) in [6.45, 7) is 2.51. The van der Waals surface area contributed by atoms with E-state index in [1.165, 1.54) is 12.4 Å². The number of para-hydroxylation sites is 1. The molecule has 0 radical (unpaired) electrons. The normalized spacial score (nSPS) is 10.2. The highest BCUT2D eigenvalue weighted by molar-refractivity contribution is 6.33. The fourth-order valence-corrected chi connectivity index (χ4v) is 2.38. The number of hydrogen-bond donors (Lipinski definition) is 2. The van der Waals surface area contributed by atoms with Gasteiger partial charge in [-0.1, -0.05) is 23.7 Å². The molecule has 1 heterocycles. The molecule has 2 N–H and O–H groups in total. The Morgan fingerprint density at radius 1 is 1.08 bits per heavy atom. The van der Waals surface area contributed by atoms with Gasteiger partial charge in [0.1, 0.15) is 5.75 Å². The molecular formula is C19H17ClN4O2. The topological polar surface area (TPSA) is 76.1 Å². The van der Waals surface area contributed by atoms with Crippen molar-refractivity contribution in [2.45, 2.75) is 6.92 Å². The summed E-state index contributed by atoms with van der Waals surface area (Å²) < 4.78 is 5.37. The average molecular weight is 369 g/mol. The van der Waals surface area contributed by atoms with Crippen molar-refractivity contribution in [2.75, 3.05) is 17.2 Å². The van der Waals surface area contributed by atoms with Crippen molar-refractivity contribution >= 4 is 34.8 Å². The molecule has 1 amide bonds. The molecule has 6 nitrogen and oxygen atoms in total. The lowest BCUT2D eigenvalue weighted by atomic mass is 10.2. The average Bonchev–Trinajstić information content (AvgIpc) is 2.66. The Hall–Kier alpha value is -3.12. The molecule has 3 aromatic rings. The van der Waals surface area contributed by atoms with Crippen LogP contribution in [0.25, 0.3) is 0 Å². The first kappa shape index (κ1) is 17.7. The van der Waals surface area contributed by atoms with E-state index in [0.29, 0.717) is 34.5 Å². The Labute approximate surface area is 156 Å². The van der Waals surface area contributed by atoms with E-state index >= 15 is 0 Å². The Kier molecular flexibility index (Phi) is 5.66. The van der Waals surface area contributed by atoms with Gasteiger partial charge in [-0.05, 0) is 43.3 Å². The number of hydrogen-bond acceptors (Lipinski definition) is 5. The molecule has 0 saturated carbocycles. The lowest BCUT2D eigenvalue weighted by Gasteiger charge is -2.08. The third-order valence-electron chi connectivity index (χ3n) is 3.46. The van der Waals surface area contributed by atoms with Gasteiger partial charge in [0.25, 0.3) is 5.91 Å². The van der Waals surface area contributed by atoms with Crippen molar-refractivity contribution in [2.24, 2.45) is 0 Å². The maximum Gasteiger partial charge on any atom is 0.258 e. The van der Waals surface area contributed by atoms with Crippen molar-refractivity contribution in [1.82, 2.24) is 9.97 Å². The summed E-state index contributed by atoms with van der Waals surface area (Å²) in [5.74, 6) is 0.818.